The molecule has 0 saturated heterocycles. The maximum Gasteiger partial charge on any atom is 0.254 e. The van der Waals surface area contributed by atoms with Gasteiger partial charge in [0, 0.05) is 15.1 Å². The Hall–Kier alpha value is -2.73. The van der Waals surface area contributed by atoms with Gasteiger partial charge in [-0.15, -0.1) is 0 Å². The molecule has 3 aromatic rings. The number of rotatable bonds is 7. The molecule has 1 fully saturated rings. The number of alkyl halides is 1. The van der Waals surface area contributed by atoms with Gasteiger partial charge in [-0.25, -0.2) is 23.1 Å². The Kier molecular flexibility index (Phi) is 8.68. The van der Waals surface area contributed by atoms with E-state index in [-0.39, 0.29) is 29.4 Å². The number of anilines is 1. The predicted molar refractivity (Wildman–Crippen MR) is 144 cm³/mol. The topological polar surface area (TPSA) is 101 Å². The van der Waals surface area contributed by atoms with Crippen molar-refractivity contribution in [3.05, 3.63) is 74.6 Å². The number of hydrogen-bond donors (Lipinski definition) is 3. The van der Waals surface area contributed by atoms with Gasteiger partial charge in [0.05, 0.1) is 29.6 Å². The van der Waals surface area contributed by atoms with E-state index in [0.29, 0.717) is 39.7 Å². The molecule has 196 valence electrons. The summed E-state index contributed by atoms with van der Waals surface area (Å²) >= 11 is 2.01. The third-order valence-corrected chi connectivity index (χ3v) is 7.26. The van der Waals surface area contributed by atoms with Crippen molar-refractivity contribution in [1.29, 1.82) is 0 Å². The van der Waals surface area contributed by atoms with E-state index in [1.165, 1.54) is 36.5 Å². The van der Waals surface area contributed by atoms with Crippen molar-refractivity contribution in [1.82, 2.24) is 15.3 Å². The van der Waals surface area contributed by atoms with Gasteiger partial charge >= 0.3 is 0 Å². The van der Waals surface area contributed by atoms with Crippen LogP contribution in [-0.2, 0) is 0 Å². The predicted octanol–water partition coefficient (Wildman–Crippen LogP) is 5.85. The maximum absolute atomic E-state index is 15.1. The molecule has 4 N–H and O–H groups in total. The number of carbonyl (C=O) groups is 1. The molecular weight excluding hydrogens is 596 g/mol. The number of aliphatic hydroxyl groups excluding tert-OH is 1. The van der Waals surface area contributed by atoms with Crippen molar-refractivity contribution in [3.8, 4) is 11.3 Å². The van der Waals surface area contributed by atoms with E-state index in [4.69, 9.17) is 5.73 Å². The SMILES string of the molecule is CCC[C@@H](NC(=O)c1ccc(-c2nc([C@@H]3CC[C@@H](O)[C@H](F)C3)cnc2N)cc1F)c1cc(F)cc(I)c1. The van der Waals surface area contributed by atoms with E-state index >= 15 is 4.39 Å². The van der Waals surface area contributed by atoms with Crippen LogP contribution in [0.5, 0.6) is 0 Å². The Morgan fingerprint density at radius 3 is 2.70 bits per heavy atom. The normalized spacial score (nSPS) is 20.4. The summed E-state index contributed by atoms with van der Waals surface area (Å²) in [4.78, 5) is 21.7. The molecule has 0 aliphatic heterocycles. The molecule has 1 saturated carbocycles. The molecule has 0 spiro atoms. The highest BCUT2D eigenvalue weighted by Gasteiger charge is 2.31. The fourth-order valence-electron chi connectivity index (χ4n) is 4.66. The molecule has 2 aromatic carbocycles. The van der Waals surface area contributed by atoms with Crippen molar-refractivity contribution in [3.63, 3.8) is 0 Å². The summed E-state index contributed by atoms with van der Waals surface area (Å²) in [5, 5.41) is 12.5. The van der Waals surface area contributed by atoms with Crippen molar-refractivity contribution >= 4 is 34.3 Å². The molecule has 0 radical (unpaired) electrons. The number of halogens is 4. The van der Waals surface area contributed by atoms with Gasteiger partial charge in [0.1, 0.15) is 29.3 Å². The molecule has 1 aliphatic rings. The number of benzene rings is 2. The van der Waals surface area contributed by atoms with Crippen LogP contribution in [0.15, 0.2) is 42.6 Å². The fraction of sp³-hybridized carbons (Fsp3) is 0.370. The Morgan fingerprint density at radius 1 is 1.24 bits per heavy atom. The summed E-state index contributed by atoms with van der Waals surface area (Å²) < 4.78 is 43.8. The standard InChI is InChI=1S/C27H28F3IN4O2/c1-2-3-22(16-8-17(28)12-18(31)9-16)35-27(37)19-6-4-15(11-20(19)29)25-26(32)33-13-23(34-25)14-5-7-24(36)21(30)10-14/h4,6,8-9,11-14,21-22,24,36H,2-3,5,7,10H2,1H3,(H2,32,33)(H,35,37)/t14-,21-,22-,24-/m1/s1. The highest BCUT2D eigenvalue weighted by molar-refractivity contribution is 14.1. The molecule has 0 unspecified atom stereocenters. The van der Waals surface area contributed by atoms with Gasteiger partial charge in [-0.3, -0.25) is 4.79 Å². The zero-order valence-corrected chi connectivity index (χ0v) is 22.4. The second kappa shape index (κ2) is 11.8. The molecule has 37 heavy (non-hydrogen) atoms. The third-order valence-electron chi connectivity index (χ3n) is 6.63. The van der Waals surface area contributed by atoms with Gasteiger partial charge in [-0.1, -0.05) is 19.4 Å². The molecule has 6 nitrogen and oxygen atoms in total. The van der Waals surface area contributed by atoms with E-state index in [0.717, 1.165) is 6.42 Å². The van der Waals surface area contributed by atoms with Crippen LogP contribution in [0.25, 0.3) is 11.3 Å². The second-order valence-electron chi connectivity index (χ2n) is 9.33. The zero-order valence-electron chi connectivity index (χ0n) is 20.2. The Balaban J connectivity index is 1.56. The minimum Gasteiger partial charge on any atom is -0.390 e. The first-order chi connectivity index (χ1) is 17.7. The number of nitrogen functional groups attached to an aromatic ring is 1. The van der Waals surface area contributed by atoms with Crippen LogP contribution in [0.2, 0.25) is 0 Å². The summed E-state index contributed by atoms with van der Waals surface area (Å²) in [5.74, 6) is -1.95. The Bertz CT molecular complexity index is 1270. The van der Waals surface area contributed by atoms with E-state index < -0.39 is 35.9 Å². The van der Waals surface area contributed by atoms with E-state index in [1.807, 2.05) is 29.5 Å². The van der Waals surface area contributed by atoms with Gasteiger partial charge in [-0.05, 0) is 84.2 Å². The lowest BCUT2D eigenvalue weighted by Gasteiger charge is -2.28. The maximum atomic E-state index is 15.1. The van der Waals surface area contributed by atoms with Crippen molar-refractivity contribution in [2.24, 2.45) is 0 Å². The summed E-state index contributed by atoms with van der Waals surface area (Å²) in [6.07, 6.45) is 1.44. The quantitative estimate of drug-likeness (QED) is 0.287. The molecule has 4 atom stereocenters. The average molecular weight is 624 g/mol. The van der Waals surface area contributed by atoms with Crippen LogP contribution in [0, 0.1) is 15.2 Å². The van der Waals surface area contributed by atoms with Gasteiger partial charge in [0.2, 0.25) is 0 Å². The average Bonchev–Trinajstić information content (AvgIpc) is 2.85. The first-order valence-corrected chi connectivity index (χ1v) is 13.3. The number of nitrogens with zero attached hydrogens (tertiary/aromatic N) is 2. The number of amides is 1. The van der Waals surface area contributed by atoms with Crippen LogP contribution in [0.4, 0.5) is 19.0 Å². The molecule has 1 aromatic heterocycles. The van der Waals surface area contributed by atoms with Crippen molar-refractivity contribution in [2.45, 2.75) is 63.3 Å². The molecule has 1 amide bonds. The number of nitrogens with two attached hydrogens (primary N) is 1. The van der Waals surface area contributed by atoms with Crippen LogP contribution < -0.4 is 11.1 Å². The lowest BCUT2D eigenvalue weighted by molar-refractivity contribution is 0.0363. The molecule has 1 aliphatic carbocycles. The largest absolute Gasteiger partial charge is 0.390 e. The van der Waals surface area contributed by atoms with Crippen molar-refractivity contribution < 1.29 is 23.1 Å². The van der Waals surface area contributed by atoms with Gasteiger partial charge in [0.25, 0.3) is 5.91 Å². The Morgan fingerprint density at radius 2 is 2.03 bits per heavy atom. The zero-order chi connectivity index (χ0) is 26.7. The molecule has 1 heterocycles. The minimum absolute atomic E-state index is 0.0803. The highest BCUT2D eigenvalue weighted by atomic mass is 127. The van der Waals surface area contributed by atoms with Crippen LogP contribution in [0.3, 0.4) is 0 Å². The fourth-order valence-corrected chi connectivity index (χ4v) is 5.32. The minimum atomic E-state index is -1.34. The lowest BCUT2D eigenvalue weighted by atomic mass is 9.84. The second-order valence-corrected chi connectivity index (χ2v) is 10.6. The van der Waals surface area contributed by atoms with E-state index in [1.54, 1.807) is 6.07 Å². The van der Waals surface area contributed by atoms with E-state index in [9.17, 15) is 18.7 Å². The first-order valence-electron chi connectivity index (χ1n) is 12.2. The first kappa shape index (κ1) is 27.3. The number of hydrogen-bond acceptors (Lipinski definition) is 5. The van der Waals surface area contributed by atoms with Crippen molar-refractivity contribution in [2.75, 3.05) is 5.73 Å². The highest BCUT2D eigenvalue weighted by Crippen LogP contribution is 2.35. The number of aliphatic hydroxyl groups is 1. The summed E-state index contributed by atoms with van der Waals surface area (Å²) in [6.45, 7) is 1.95. The van der Waals surface area contributed by atoms with Crippen LogP contribution >= 0.6 is 22.6 Å². The van der Waals surface area contributed by atoms with Gasteiger partial charge < -0.3 is 16.2 Å². The Labute approximate surface area is 227 Å². The molecule has 10 heteroatoms. The molecule has 4 rings (SSSR count). The van der Waals surface area contributed by atoms with E-state index in [2.05, 4.69) is 15.3 Å². The molecular formula is C27H28F3IN4O2. The van der Waals surface area contributed by atoms with Crippen LogP contribution in [-0.4, -0.2) is 33.3 Å². The summed E-state index contributed by atoms with van der Waals surface area (Å²) in [6, 6.07) is 8.12. The van der Waals surface area contributed by atoms with Gasteiger partial charge in [-0.2, -0.15) is 0 Å². The van der Waals surface area contributed by atoms with Crippen LogP contribution in [0.1, 0.15) is 72.6 Å². The monoisotopic (exact) mass is 624 g/mol. The number of carbonyl (C=O) groups excluding carboxylic acids is 1. The number of nitrogens with one attached hydrogen (secondary N) is 1. The lowest BCUT2D eigenvalue weighted by Crippen LogP contribution is -2.30. The summed E-state index contributed by atoms with van der Waals surface area (Å²) in [5.41, 5.74) is 7.55. The summed E-state index contributed by atoms with van der Waals surface area (Å²) in [7, 11) is 0. The third kappa shape index (κ3) is 6.40. The smallest absolute Gasteiger partial charge is 0.254 e. The van der Waals surface area contributed by atoms with Gasteiger partial charge in [0.15, 0.2) is 0 Å². The number of aromatic nitrogens is 2. The molecule has 0 bridgehead atoms.